The Balaban J connectivity index is 1.82. The van der Waals surface area contributed by atoms with Gasteiger partial charge in [0.2, 0.25) is 0 Å². The molecule has 2 saturated carbocycles. The van der Waals surface area contributed by atoms with Gasteiger partial charge in [0.05, 0.1) is 29.0 Å². The number of carbonyl (C=O) groups excluding carboxylic acids is 2. The summed E-state index contributed by atoms with van der Waals surface area (Å²) in [5, 5.41) is 11.3. The van der Waals surface area contributed by atoms with Crippen molar-refractivity contribution in [2.45, 2.75) is 71.5 Å². The van der Waals surface area contributed by atoms with Gasteiger partial charge in [-0.05, 0) is 29.2 Å². The monoisotopic (exact) mass is 399 g/mol. The predicted octanol–water partition coefficient (Wildman–Crippen LogP) is 4.46. The van der Waals surface area contributed by atoms with Crippen molar-refractivity contribution in [1.82, 2.24) is 0 Å². The van der Waals surface area contributed by atoms with Crippen LogP contribution in [0.4, 0.5) is 5.69 Å². The van der Waals surface area contributed by atoms with Crippen molar-refractivity contribution in [2.75, 3.05) is 0 Å². The lowest BCUT2D eigenvalue weighted by Crippen LogP contribution is -2.58. The number of Topliss-reactive ketones (excluding diaryl/α,β-unsaturated/α-hetero) is 2. The molecule has 1 aromatic rings. The van der Waals surface area contributed by atoms with Gasteiger partial charge in [0.15, 0.2) is 0 Å². The molecule has 0 bridgehead atoms. The van der Waals surface area contributed by atoms with Crippen LogP contribution < -0.4 is 0 Å². The molecule has 6 nitrogen and oxygen atoms in total. The van der Waals surface area contributed by atoms with E-state index in [1.54, 1.807) is 12.1 Å². The van der Waals surface area contributed by atoms with Crippen molar-refractivity contribution in [3.63, 3.8) is 0 Å². The van der Waals surface area contributed by atoms with E-state index < -0.39 is 16.8 Å². The lowest BCUT2D eigenvalue weighted by molar-refractivity contribution is -0.385. The van der Waals surface area contributed by atoms with E-state index in [-0.39, 0.29) is 46.2 Å². The molecule has 4 rings (SSSR count). The van der Waals surface area contributed by atoms with E-state index in [0.29, 0.717) is 18.4 Å². The number of benzene rings is 1. The second-order valence-corrected chi connectivity index (χ2v) is 10.7. The van der Waals surface area contributed by atoms with E-state index in [2.05, 4.69) is 27.7 Å². The van der Waals surface area contributed by atoms with E-state index in [1.165, 1.54) is 6.07 Å². The average molecular weight is 399 g/mol. The Kier molecular flexibility index (Phi) is 4.69. The minimum absolute atomic E-state index is 0.00531. The molecule has 3 fully saturated rings. The molecule has 1 aromatic carbocycles. The number of carbonyl (C=O) groups is 2. The highest BCUT2D eigenvalue weighted by atomic mass is 16.6. The maximum atomic E-state index is 13.2. The topological polar surface area (TPSA) is 86.5 Å². The zero-order chi connectivity index (χ0) is 21.1. The molecule has 4 unspecified atom stereocenters. The molecule has 0 radical (unpaired) electrons. The summed E-state index contributed by atoms with van der Waals surface area (Å²) in [6.45, 7) is 8.31. The van der Waals surface area contributed by atoms with Crippen LogP contribution >= 0.6 is 0 Å². The normalized spacial score (nSPS) is 35.5. The van der Waals surface area contributed by atoms with Crippen LogP contribution in [0.2, 0.25) is 0 Å². The van der Waals surface area contributed by atoms with Gasteiger partial charge >= 0.3 is 0 Å². The van der Waals surface area contributed by atoms with Crippen molar-refractivity contribution in [3.8, 4) is 0 Å². The zero-order valence-electron chi connectivity index (χ0n) is 17.5. The fourth-order valence-corrected chi connectivity index (χ4v) is 5.92. The van der Waals surface area contributed by atoms with Crippen molar-refractivity contribution < 1.29 is 19.2 Å². The van der Waals surface area contributed by atoms with Gasteiger partial charge in [0, 0.05) is 30.9 Å². The first kappa shape index (κ1) is 20.2. The highest BCUT2D eigenvalue weighted by Gasteiger charge is 2.57. The second kappa shape index (κ2) is 6.73. The molecule has 2 aliphatic carbocycles. The Morgan fingerprint density at radius 2 is 1.45 bits per heavy atom. The molecule has 4 atom stereocenters. The van der Waals surface area contributed by atoms with Gasteiger partial charge in [-0.25, -0.2) is 0 Å². The van der Waals surface area contributed by atoms with Gasteiger partial charge < -0.3 is 4.74 Å². The van der Waals surface area contributed by atoms with Crippen LogP contribution in [0.25, 0.3) is 0 Å². The smallest absolute Gasteiger partial charge is 0.269 e. The number of nitro groups is 1. The number of ketones is 2. The molecule has 1 saturated heterocycles. The number of non-ortho nitro benzene ring substituents is 1. The number of fused-ring (bicyclic) bond motifs is 2. The van der Waals surface area contributed by atoms with Gasteiger partial charge in [-0.1, -0.05) is 39.8 Å². The molecule has 29 heavy (non-hydrogen) atoms. The molecule has 0 N–H and O–H groups in total. The van der Waals surface area contributed by atoms with Crippen LogP contribution in [0.15, 0.2) is 24.3 Å². The van der Waals surface area contributed by atoms with Gasteiger partial charge in [-0.3, -0.25) is 19.7 Å². The lowest BCUT2D eigenvalue weighted by Gasteiger charge is -2.54. The third-order valence-electron chi connectivity index (χ3n) is 6.95. The van der Waals surface area contributed by atoms with Crippen LogP contribution in [-0.2, 0) is 14.3 Å². The number of rotatable bonds is 2. The van der Waals surface area contributed by atoms with Crippen molar-refractivity contribution in [3.05, 3.63) is 39.9 Å². The maximum Gasteiger partial charge on any atom is 0.269 e. The average Bonchev–Trinajstić information content (AvgIpc) is 2.57. The summed E-state index contributed by atoms with van der Waals surface area (Å²) in [4.78, 5) is 37.4. The Morgan fingerprint density at radius 3 is 1.93 bits per heavy atom. The minimum Gasteiger partial charge on any atom is -0.373 e. The molecular weight excluding hydrogens is 370 g/mol. The van der Waals surface area contributed by atoms with Gasteiger partial charge in [-0.15, -0.1) is 0 Å². The summed E-state index contributed by atoms with van der Waals surface area (Å²) >= 11 is 0. The summed E-state index contributed by atoms with van der Waals surface area (Å²) in [7, 11) is 0. The number of hydrogen-bond acceptors (Lipinski definition) is 5. The van der Waals surface area contributed by atoms with Crippen LogP contribution in [0.1, 0.15) is 64.9 Å². The van der Waals surface area contributed by atoms with Crippen molar-refractivity contribution in [1.29, 1.82) is 0 Å². The fraction of sp³-hybridized carbons (Fsp3) is 0.652. The largest absolute Gasteiger partial charge is 0.373 e. The van der Waals surface area contributed by atoms with E-state index in [9.17, 15) is 19.7 Å². The standard InChI is InChI=1S/C23H29NO5/c1-22(2)9-15(25)20-17(11-22)29-18-12-23(3,4)10-16(26)21(18)19(20)13-6-5-7-14(8-13)24(27)28/h5-8,17-21H,9-12H2,1-4H3. The number of nitrogens with zero attached hydrogens (tertiary/aromatic N) is 1. The second-order valence-electron chi connectivity index (χ2n) is 10.7. The van der Waals surface area contributed by atoms with E-state index in [1.807, 2.05) is 6.07 Å². The van der Waals surface area contributed by atoms with Crippen molar-refractivity contribution >= 4 is 17.3 Å². The molecule has 0 amide bonds. The predicted molar refractivity (Wildman–Crippen MR) is 108 cm³/mol. The molecule has 6 heteroatoms. The highest BCUT2D eigenvalue weighted by Crippen LogP contribution is 2.55. The highest BCUT2D eigenvalue weighted by molar-refractivity contribution is 5.89. The van der Waals surface area contributed by atoms with Crippen LogP contribution in [0, 0.1) is 32.8 Å². The summed E-state index contributed by atoms with van der Waals surface area (Å²) in [5.74, 6) is -0.976. The first-order valence-electron chi connectivity index (χ1n) is 10.4. The Bertz CT molecular complexity index is 832. The van der Waals surface area contributed by atoms with Gasteiger partial charge in [0.1, 0.15) is 11.6 Å². The van der Waals surface area contributed by atoms with Gasteiger partial charge in [-0.2, -0.15) is 0 Å². The molecule has 0 aromatic heterocycles. The third kappa shape index (κ3) is 3.63. The summed E-state index contributed by atoms with van der Waals surface area (Å²) in [6.07, 6.45) is 1.90. The van der Waals surface area contributed by atoms with Gasteiger partial charge in [0.25, 0.3) is 5.69 Å². The Morgan fingerprint density at radius 1 is 0.931 bits per heavy atom. The minimum atomic E-state index is -0.421. The maximum absolute atomic E-state index is 13.2. The molecule has 0 spiro atoms. The zero-order valence-corrected chi connectivity index (χ0v) is 17.5. The summed E-state index contributed by atoms with van der Waals surface area (Å²) in [5.41, 5.74) is 0.418. The van der Waals surface area contributed by atoms with E-state index >= 15 is 0 Å². The van der Waals surface area contributed by atoms with Crippen LogP contribution in [-0.4, -0.2) is 28.7 Å². The molecule has 1 aliphatic heterocycles. The quantitative estimate of drug-likeness (QED) is 0.541. The number of ether oxygens (including phenoxy) is 1. The molecule has 156 valence electrons. The van der Waals surface area contributed by atoms with E-state index in [0.717, 1.165) is 12.8 Å². The summed E-state index contributed by atoms with van der Waals surface area (Å²) in [6, 6.07) is 6.48. The van der Waals surface area contributed by atoms with Crippen LogP contribution in [0.3, 0.4) is 0 Å². The molecular formula is C23H29NO5. The first-order chi connectivity index (χ1) is 13.5. The van der Waals surface area contributed by atoms with Crippen molar-refractivity contribution in [2.24, 2.45) is 22.7 Å². The Labute approximate surface area is 171 Å². The SMILES string of the molecule is CC1(C)CC(=O)C2C(C1)OC1CC(C)(C)CC(=O)C1C2c1cccc([N+](=O)[O-])c1. The number of hydrogen-bond donors (Lipinski definition) is 0. The Hall–Kier alpha value is -2.08. The molecule has 1 heterocycles. The fourth-order valence-electron chi connectivity index (χ4n) is 5.92. The van der Waals surface area contributed by atoms with E-state index in [4.69, 9.17) is 4.74 Å². The first-order valence-corrected chi connectivity index (χ1v) is 10.4. The third-order valence-corrected chi connectivity index (χ3v) is 6.95. The lowest BCUT2D eigenvalue weighted by atomic mass is 9.56. The molecule has 3 aliphatic rings. The summed E-state index contributed by atoms with van der Waals surface area (Å²) < 4.78 is 6.46. The van der Waals surface area contributed by atoms with Crippen LogP contribution in [0.5, 0.6) is 0 Å². The number of nitro benzene ring substituents is 1.